The quantitative estimate of drug-likeness (QED) is 0.644. The third-order valence-corrected chi connectivity index (χ3v) is 3.15. The Morgan fingerprint density at radius 3 is 2.19 bits per heavy atom. The minimum atomic E-state index is 0.398. The average molecular weight is 229 g/mol. The predicted octanol–water partition coefficient (Wildman–Crippen LogP) is 3.46. The summed E-state index contributed by atoms with van der Waals surface area (Å²) in [5.41, 5.74) is 0.398. The molecule has 1 N–H and O–H groups in total. The number of rotatable bonds is 8. The summed E-state index contributed by atoms with van der Waals surface area (Å²) in [7, 11) is 1.78. The van der Waals surface area contributed by atoms with Crippen LogP contribution in [0.5, 0.6) is 0 Å². The molecule has 0 amide bonds. The minimum absolute atomic E-state index is 0.398. The Bertz CT molecular complexity index is 161. The first kappa shape index (κ1) is 15.9. The zero-order valence-electron chi connectivity index (χ0n) is 12.1. The molecule has 0 aliphatic carbocycles. The van der Waals surface area contributed by atoms with E-state index in [4.69, 9.17) is 4.74 Å². The summed E-state index contributed by atoms with van der Waals surface area (Å²) < 4.78 is 5.09. The van der Waals surface area contributed by atoms with E-state index in [1.165, 1.54) is 19.3 Å². The van der Waals surface area contributed by atoms with Crippen molar-refractivity contribution in [1.29, 1.82) is 0 Å². The zero-order valence-corrected chi connectivity index (χ0v) is 12.1. The Morgan fingerprint density at radius 1 is 1.12 bits per heavy atom. The van der Waals surface area contributed by atoms with Gasteiger partial charge in [0.15, 0.2) is 0 Å². The maximum Gasteiger partial charge on any atom is 0.0462 e. The highest BCUT2D eigenvalue weighted by atomic mass is 16.5. The monoisotopic (exact) mass is 229 g/mol. The number of nitrogens with one attached hydrogen (secondary N) is 1. The largest absolute Gasteiger partial charge is 0.385 e. The van der Waals surface area contributed by atoms with Gasteiger partial charge in [-0.1, -0.05) is 41.0 Å². The predicted molar refractivity (Wildman–Crippen MR) is 71.8 cm³/mol. The van der Waals surface area contributed by atoms with Crippen LogP contribution < -0.4 is 5.32 Å². The summed E-state index contributed by atoms with van der Waals surface area (Å²) in [4.78, 5) is 0. The molecule has 0 aliphatic rings. The van der Waals surface area contributed by atoms with E-state index in [1.807, 2.05) is 0 Å². The van der Waals surface area contributed by atoms with E-state index in [2.05, 4.69) is 39.9 Å². The summed E-state index contributed by atoms with van der Waals surface area (Å²) in [5.74, 6) is 0.756. The maximum absolute atomic E-state index is 5.09. The van der Waals surface area contributed by atoms with Crippen molar-refractivity contribution in [3.63, 3.8) is 0 Å². The lowest BCUT2D eigenvalue weighted by Gasteiger charge is -2.32. The van der Waals surface area contributed by atoms with E-state index in [0.29, 0.717) is 11.5 Å². The highest BCUT2D eigenvalue weighted by molar-refractivity contribution is 4.76. The van der Waals surface area contributed by atoms with Crippen LogP contribution in [0.15, 0.2) is 0 Å². The molecule has 0 saturated carbocycles. The van der Waals surface area contributed by atoms with E-state index in [-0.39, 0.29) is 0 Å². The molecule has 16 heavy (non-hydrogen) atoms. The maximum atomic E-state index is 5.09. The molecule has 0 aromatic carbocycles. The first-order chi connectivity index (χ1) is 7.38. The molecule has 0 fully saturated rings. The highest BCUT2D eigenvalue weighted by Gasteiger charge is 2.23. The van der Waals surface area contributed by atoms with Crippen molar-refractivity contribution >= 4 is 0 Å². The van der Waals surface area contributed by atoms with Crippen molar-refractivity contribution in [1.82, 2.24) is 5.32 Å². The van der Waals surface area contributed by atoms with E-state index < -0.39 is 0 Å². The lowest BCUT2D eigenvalue weighted by molar-refractivity contribution is 0.175. The Hall–Kier alpha value is -0.0800. The lowest BCUT2D eigenvalue weighted by Crippen LogP contribution is -2.35. The topological polar surface area (TPSA) is 21.3 Å². The molecule has 0 radical (unpaired) electrons. The number of methoxy groups -OCH3 is 1. The Kier molecular flexibility index (Phi) is 8.04. The molecule has 2 heteroatoms. The molecular weight excluding hydrogens is 198 g/mol. The van der Waals surface area contributed by atoms with Crippen molar-refractivity contribution in [2.45, 2.75) is 59.9 Å². The molecule has 0 rings (SSSR count). The molecule has 0 heterocycles. The molecule has 0 aromatic heterocycles. The van der Waals surface area contributed by atoms with Crippen molar-refractivity contribution in [2.75, 3.05) is 20.3 Å². The first-order valence-electron chi connectivity index (χ1n) is 6.60. The third kappa shape index (κ3) is 8.12. The molecule has 0 saturated heterocycles. The van der Waals surface area contributed by atoms with Gasteiger partial charge in [0.1, 0.15) is 0 Å². The van der Waals surface area contributed by atoms with Crippen LogP contribution in [0.25, 0.3) is 0 Å². The molecule has 1 atom stereocenters. The SMILES string of the molecule is COCCCCC(CNC(C)C)C(C)(C)C. The molecule has 0 bridgehead atoms. The van der Waals surface area contributed by atoms with E-state index in [1.54, 1.807) is 7.11 Å². The van der Waals surface area contributed by atoms with E-state index in [0.717, 1.165) is 19.1 Å². The minimum Gasteiger partial charge on any atom is -0.385 e. The van der Waals surface area contributed by atoms with Crippen molar-refractivity contribution in [2.24, 2.45) is 11.3 Å². The van der Waals surface area contributed by atoms with Gasteiger partial charge in [0.2, 0.25) is 0 Å². The van der Waals surface area contributed by atoms with E-state index >= 15 is 0 Å². The normalized spacial score (nSPS) is 14.4. The summed E-state index contributed by atoms with van der Waals surface area (Å²) in [6.07, 6.45) is 3.76. The van der Waals surface area contributed by atoms with Gasteiger partial charge in [0, 0.05) is 19.8 Å². The number of hydrogen-bond donors (Lipinski definition) is 1. The Labute approximate surface area is 102 Å². The van der Waals surface area contributed by atoms with Crippen molar-refractivity contribution < 1.29 is 4.74 Å². The van der Waals surface area contributed by atoms with Gasteiger partial charge >= 0.3 is 0 Å². The van der Waals surface area contributed by atoms with Crippen LogP contribution in [0.3, 0.4) is 0 Å². The second-order valence-corrected chi connectivity index (χ2v) is 6.11. The van der Waals surface area contributed by atoms with Crippen LogP contribution in [0.2, 0.25) is 0 Å². The third-order valence-electron chi connectivity index (χ3n) is 3.15. The fourth-order valence-corrected chi connectivity index (χ4v) is 1.86. The molecule has 0 aromatic rings. The molecule has 1 unspecified atom stereocenters. The first-order valence-corrected chi connectivity index (χ1v) is 6.60. The van der Waals surface area contributed by atoms with Crippen LogP contribution >= 0.6 is 0 Å². The standard InChI is InChI=1S/C14H31NO/c1-12(2)15-11-13(14(3,4)5)9-7-8-10-16-6/h12-13,15H,7-11H2,1-6H3. The Morgan fingerprint density at radius 2 is 1.75 bits per heavy atom. The summed E-state index contributed by atoms with van der Waals surface area (Å²) in [6, 6.07) is 0.587. The molecule has 0 spiro atoms. The molecule has 98 valence electrons. The van der Waals surface area contributed by atoms with Crippen molar-refractivity contribution in [3.8, 4) is 0 Å². The molecule has 2 nitrogen and oxygen atoms in total. The van der Waals surface area contributed by atoms with Gasteiger partial charge < -0.3 is 10.1 Å². The smallest absolute Gasteiger partial charge is 0.0462 e. The van der Waals surface area contributed by atoms with Gasteiger partial charge in [-0.3, -0.25) is 0 Å². The highest BCUT2D eigenvalue weighted by Crippen LogP contribution is 2.29. The van der Waals surface area contributed by atoms with Crippen LogP contribution in [0.4, 0.5) is 0 Å². The molecular formula is C14H31NO. The fraction of sp³-hybridized carbons (Fsp3) is 1.00. The summed E-state index contributed by atoms with van der Waals surface area (Å²) in [6.45, 7) is 13.5. The second-order valence-electron chi connectivity index (χ2n) is 6.11. The van der Waals surface area contributed by atoms with Crippen molar-refractivity contribution in [3.05, 3.63) is 0 Å². The van der Waals surface area contributed by atoms with Gasteiger partial charge in [-0.25, -0.2) is 0 Å². The molecule has 0 aliphatic heterocycles. The van der Waals surface area contributed by atoms with Gasteiger partial charge in [-0.05, 0) is 30.7 Å². The fourth-order valence-electron chi connectivity index (χ4n) is 1.86. The van der Waals surface area contributed by atoms with Gasteiger partial charge in [-0.15, -0.1) is 0 Å². The number of hydrogen-bond acceptors (Lipinski definition) is 2. The summed E-state index contributed by atoms with van der Waals surface area (Å²) in [5, 5.41) is 3.56. The van der Waals surface area contributed by atoms with Crippen LogP contribution in [-0.4, -0.2) is 26.3 Å². The zero-order chi connectivity index (χ0) is 12.6. The van der Waals surface area contributed by atoms with Gasteiger partial charge in [0.25, 0.3) is 0 Å². The second kappa shape index (κ2) is 8.08. The average Bonchev–Trinajstić information content (AvgIpc) is 2.14. The Balaban J connectivity index is 3.92. The van der Waals surface area contributed by atoms with Crippen LogP contribution in [0.1, 0.15) is 53.9 Å². The van der Waals surface area contributed by atoms with Gasteiger partial charge in [-0.2, -0.15) is 0 Å². The van der Waals surface area contributed by atoms with Crippen LogP contribution in [-0.2, 0) is 4.74 Å². The van der Waals surface area contributed by atoms with E-state index in [9.17, 15) is 0 Å². The number of unbranched alkanes of at least 4 members (excludes halogenated alkanes) is 1. The lowest BCUT2D eigenvalue weighted by atomic mass is 9.77. The number of ether oxygens (including phenoxy) is 1. The van der Waals surface area contributed by atoms with Crippen LogP contribution in [0, 0.1) is 11.3 Å². The summed E-state index contributed by atoms with van der Waals surface area (Å²) >= 11 is 0. The van der Waals surface area contributed by atoms with Gasteiger partial charge in [0.05, 0.1) is 0 Å².